The Morgan fingerprint density at radius 3 is 2.59 bits per heavy atom. The molecule has 90 valence electrons. The zero-order chi connectivity index (χ0) is 12.6. The van der Waals surface area contributed by atoms with E-state index in [-0.39, 0.29) is 10.5 Å². The first-order chi connectivity index (χ1) is 7.93. The third-order valence-corrected chi connectivity index (χ3v) is 3.39. The molecule has 5 nitrogen and oxygen atoms in total. The summed E-state index contributed by atoms with van der Waals surface area (Å²) in [5, 5.41) is 0.504. The van der Waals surface area contributed by atoms with Gasteiger partial charge in [0.25, 0.3) is 0 Å². The van der Waals surface area contributed by atoms with Crippen LogP contribution in [0.4, 0.5) is 0 Å². The third kappa shape index (κ3) is 2.03. The molecular formula is C11H10O5S. The first-order valence-corrected chi connectivity index (χ1v) is 6.63. The number of ether oxygens (including phenoxy) is 1. The maximum absolute atomic E-state index is 11.5. The van der Waals surface area contributed by atoms with Crippen molar-refractivity contribution in [2.45, 2.75) is 4.90 Å². The molecule has 0 aliphatic rings. The molecule has 0 aliphatic carbocycles. The normalized spacial score (nSPS) is 11.6. The number of rotatable bonds is 2. The fourth-order valence-corrected chi connectivity index (χ4v) is 2.20. The Labute approximate surface area is 97.5 Å². The van der Waals surface area contributed by atoms with Gasteiger partial charge < -0.3 is 9.15 Å². The minimum Gasteiger partial charge on any atom is -0.493 e. The van der Waals surface area contributed by atoms with Crippen LogP contribution in [0.15, 0.2) is 38.4 Å². The molecule has 0 fully saturated rings. The number of para-hydroxylation sites is 1. The molecule has 0 spiro atoms. The van der Waals surface area contributed by atoms with Gasteiger partial charge in [-0.3, -0.25) is 0 Å². The topological polar surface area (TPSA) is 73.6 Å². The summed E-state index contributed by atoms with van der Waals surface area (Å²) in [4.78, 5) is 11.2. The van der Waals surface area contributed by atoms with Gasteiger partial charge in [0.1, 0.15) is 0 Å². The SMILES string of the molecule is COc1cccc2cc(S(C)(=O)=O)c(=O)oc12. The van der Waals surface area contributed by atoms with Crippen LogP contribution >= 0.6 is 0 Å². The van der Waals surface area contributed by atoms with Gasteiger partial charge in [0.05, 0.1) is 7.11 Å². The smallest absolute Gasteiger partial charge is 0.355 e. The highest BCUT2D eigenvalue weighted by Gasteiger charge is 2.16. The zero-order valence-electron chi connectivity index (χ0n) is 9.26. The standard InChI is InChI=1S/C11H10O5S/c1-15-8-5-3-4-7-6-9(17(2,13)14)11(12)16-10(7)8/h3-6H,1-2H3. The lowest BCUT2D eigenvalue weighted by atomic mass is 10.2. The second kappa shape index (κ2) is 3.89. The van der Waals surface area contributed by atoms with Crippen LogP contribution in [0.3, 0.4) is 0 Å². The molecule has 17 heavy (non-hydrogen) atoms. The van der Waals surface area contributed by atoms with Gasteiger partial charge in [0.15, 0.2) is 26.1 Å². The Kier molecular flexibility index (Phi) is 2.66. The van der Waals surface area contributed by atoms with Crippen LogP contribution in [-0.2, 0) is 9.84 Å². The number of hydrogen-bond donors (Lipinski definition) is 0. The molecule has 2 rings (SSSR count). The van der Waals surface area contributed by atoms with E-state index >= 15 is 0 Å². The number of methoxy groups -OCH3 is 1. The zero-order valence-corrected chi connectivity index (χ0v) is 10.1. The van der Waals surface area contributed by atoms with Crippen molar-refractivity contribution in [3.63, 3.8) is 0 Å². The molecular weight excluding hydrogens is 244 g/mol. The van der Waals surface area contributed by atoms with E-state index in [1.165, 1.54) is 13.2 Å². The van der Waals surface area contributed by atoms with E-state index in [2.05, 4.69) is 0 Å². The summed E-state index contributed by atoms with van der Waals surface area (Å²) < 4.78 is 32.7. The highest BCUT2D eigenvalue weighted by atomic mass is 32.2. The van der Waals surface area contributed by atoms with Crippen LogP contribution in [0, 0.1) is 0 Å². The van der Waals surface area contributed by atoms with Gasteiger partial charge in [-0.1, -0.05) is 12.1 Å². The Balaban J connectivity index is 2.89. The monoisotopic (exact) mass is 254 g/mol. The second-order valence-electron chi connectivity index (χ2n) is 3.55. The Morgan fingerprint density at radius 2 is 2.00 bits per heavy atom. The van der Waals surface area contributed by atoms with Crippen LogP contribution in [0.5, 0.6) is 5.75 Å². The highest BCUT2D eigenvalue weighted by Crippen LogP contribution is 2.25. The predicted octanol–water partition coefficient (Wildman–Crippen LogP) is 1.21. The second-order valence-corrected chi connectivity index (χ2v) is 5.53. The van der Waals surface area contributed by atoms with Crippen LogP contribution in [0.2, 0.25) is 0 Å². The van der Waals surface area contributed by atoms with E-state index in [1.807, 2.05) is 0 Å². The maximum atomic E-state index is 11.5. The molecule has 2 aromatic rings. The Hall–Kier alpha value is -1.82. The lowest BCUT2D eigenvalue weighted by Gasteiger charge is -2.04. The number of benzene rings is 1. The molecule has 0 saturated carbocycles. The summed E-state index contributed by atoms with van der Waals surface area (Å²) in [6, 6.07) is 6.26. The molecule has 0 atom stereocenters. The van der Waals surface area contributed by atoms with Crippen molar-refractivity contribution < 1.29 is 17.6 Å². The highest BCUT2D eigenvalue weighted by molar-refractivity contribution is 7.90. The van der Waals surface area contributed by atoms with E-state index in [0.29, 0.717) is 11.1 Å². The summed E-state index contributed by atoms with van der Waals surface area (Å²) in [5.41, 5.74) is -0.642. The van der Waals surface area contributed by atoms with Crippen molar-refractivity contribution in [1.29, 1.82) is 0 Å². The Morgan fingerprint density at radius 1 is 1.29 bits per heavy atom. The summed E-state index contributed by atoms with van der Waals surface area (Å²) in [6.45, 7) is 0. The molecule has 0 radical (unpaired) electrons. The van der Waals surface area contributed by atoms with E-state index in [0.717, 1.165) is 6.26 Å². The molecule has 1 heterocycles. The van der Waals surface area contributed by atoms with E-state index < -0.39 is 15.5 Å². The van der Waals surface area contributed by atoms with E-state index in [4.69, 9.17) is 9.15 Å². The first-order valence-electron chi connectivity index (χ1n) is 4.74. The third-order valence-electron chi connectivity index (χ3n) is 2.31. The summed E-state index contributed by atoms with van der Waals surface area (Å²) in [7, 11) is -2.15. The predicted molar refractivity (Wildman–Crippen MR) is 62.1 cm³/mol. The van der Waals surface area contributed by atoms with Gasteiger partial charge in [-0.05, 0) is 12.1 Å². The van der Waals surface area contributed by atoms with E-state index in [1.54, 1.807) is 18.2 Å². The number of hydrogen-bond acceptors (Lipinski definition) is 5. The summed E-state index contributed by atoms with van der Waals surface area (Å²) >= 11 is 0. The Bertz CT molecular complexity index is 727. The molecule has 0 amide bonds. The quantitative estimate of drug-likeness (QED) is 0.753. The number of fused-ring (bicyclic) bond motifs is 1. The molecule has 6 heteroatoms. The first kappa shape index (κ1) is 11.7. The van der Waals surface area contributed by atoms with Gasteiger partial charge in [0.2, 0.25) is 0 Å². The van der Waals surface area contributed by atoms with Gasteiger partial charge in [-0.2, -0.15) is 0 Å². The largest absolute Gasteiger partial charge is 0.493 e. The average Bonchev–Trinajstić information content (AvgIpc) is 2.26. The van der Waals surface area contributed by atoms with Crippen LogP contribution in [0.1, 0.15) is 0 Å². The molecule has 0 saturated heterocycles. The molecule has 0 unspecified atom stereocenters. The van der Waals surface area contributed by atoms with Crippen molar-refractivity contribution in [1.82, 2.24) is 0 Å². The van der Waals surface area contributed by atoms with E-state index in [9.17, 15) is 13.2 Å². The molecule has 1 aromatic carbocycles. The van der Waals surface area contributed by atoms with Crippen LogP contribution in [0.25, 0.3) is 11.0 Å². The molecule has 1 aromatic heterocycles. The van der Waals surface area contributed by atoms with Gasteiger partial charge in [0, 0.05) is 11.6 Å². The molecule has 0 N–H and O–H groups in total. The summed E-state index contributed by atoms with van der Waals surface area (Å²) in [5.74, 6) is 0.389. The molecule has 0 aliphatic heterocycles. The summed E-state index contributed by atoms with van der Waals surface area (Å²) in [6.07, 6.45) is 0.964. The van der Waals surface area contributed by atoms with Crippen molar-refractivity contribution in [3.05, 3.63) is 34.7 Å². The van der Waals surface area contributed by atoms with Crippen molar-refractivity contribution >= 4 is 20.8 Å². The van der Waals surface area contributed by atoms with Crippen molar-refractivity contribution in [2.24, 2.45) is 0 Å². The van der Waals surface area contributed by atoms with Gasteiger partial charge in [-0.25, -0.2) is 13.2 Å². The van der Waals surface area contributed by atoms with Gasteiger partial charge >= 0.3 is 5.63 Å². The van der Waals surface area contributed by atoms with Crippen LogP contribution in [-0.4, -0.2) is 21.8 Å². The van der Waals surface area contributed by atoms with Crippen LogP contribution < -0.4 is 10.4 Å². The lowest BCUT2D eigenvalue weighted by molar-refractivity contribution is 0.405. The fraction of sp³-hybridized carbons (Fsp3) is 0.182. The lowest BCUT2D eigenvalue weighted by Crippen LogP contribution is -2.12. The minimum atomic E-state index is -3.59. The fourth-order valence-electron chi connectivity index (χ4n) is 1.52. The number of sulfone groups is 1. The minimum absolute atomic E-state index is 0.243. The average molecular weight is 254 g/mol. The molecule has 0 bridgehead atoms. The van der Waals surface area contributed by atoms with Gasteiger partial charge in [-0.15, -0.1) is 0 Å². The maximum Gasteiger partial charge on any atom is 0.355 e. The van der Waals surface area contributed by atoms with Crippen molar-refractivity contribution in [2.75, 3.05) is 13.4 Å². The van der Waals surface area contributed by atoms with Crippen molar-refractivity contribution in [3.8, 4) is 5.75 Å².